The predicted molar refractivity (Wildman–Crippen MR) is 165 cm³/mol. The van der Waals surface area contributed by atoms with Gasteiger partial charge >= 0.3 is 12.4 Å². The molecule has 46 heavy (non-hydrogen) atoms. The Hall–Kier alpha value is -3.11. The lowest BCUT2D eigenvalue weighted by molar-refractivity contribution is -0.144. The van der Waals surface area contributed by atoms with E-state index in [1.165, 1.54) is 19.1 Å². The number of halogens is 8. The van der Waals surface area contributed by atoms with Crippen LogP contribution in [-0.4, -0.2) is 41.9 Å². The first-order chi connectivity index (χ1) is 21.2. The highest BCUT2D eigenvalue weighted by Crippen LogP contribution is 2.45. The molecule has 2 aliphatic rings. The van der Waals surface area contributed by atoms with Crippen LogP contribution in [0.4, 0.5) is 30.7 Å². The second-order valence-corrected chi connectivity index (χ2v) is 12.4. The van der Waals surface area contributed by atoms with Gasteiger partial charge in [-0.05, 0) is 111 Å². The van der Waals surface area contributed by atoms with Crippen LogP contribution in [0, 0.1) is 5.82 Å². The monoisotopic (exact) mass is 670 g/mol. The summed E-state index contributed by atoms with van der Waals surface area (Å²) in [4.78, 5) is 18.0. The zero-order valence-electron chi connectivity index (χ0n) is 25.7. The van der Waals surface area contributed by atoms with E-state index in [0.29, 0.717) is 30.9 Å². The minimum Gasteiger partial charge on any atom is -0.335 e. The molecule has 0 spiro atoms. The van der Waals surface area contributed by atoms with Gasteiger partial charge in [-0.2, -0.15) is 26.3 Å². The molecule has 1 saturated heterocycles. The summed E-state index contributed by atoms with van der Waals surface area (Å²) in [6.07, 6.45) is -5.31. The first-order valence-electron chi connectivity index (χ1n) is 15.3. The summed E-state index contributed by atoms with van der Waals surface area (Å²) in [6.45, 7) is 3.16. The summed E-state index contributed by atoms with van der Waals surface area (Å²) >= 11 is 0. The van der Waals surface area contributed by atoms with Gasteiger partial charge < -0.3 is 9.80 Å². The molecule has 1 amide bonds. The van der Waals surface area contributed by atoms with E-state index in [9.17, 15) is 35.5 Å². The van der Waals surface area contributed by atoms with E-state index < -0.39 is 40.8 Å². The number of amides is 1. The number of carbonyl (C=O) groups excluding carboxylic acids is 1. The molecule has 1 saturated carbocycles. The highest BCUT2D eigenvalue weighted by Gasteiger charge is 2.45. The van der Waals surface area contributed by atoms with Crippen molar-refractivity contribution in [2.45, 2.75) is 81.2 Å². The Morgan fingerprint density at radius 3 is 1.85 bits per heavy atom. The van der Waals surface area contributed by atoms with Crippen molar-refractivity contribution in [3.8, 4) is 0 Å². The molecule has 3 aromatic carbocycles. The molecule has 2 fully saturated rings. The maximum absolute atomic E-state index is 13.9. The number of likely N-dealkylation sites (N-methyl/N-ethyl adjacent to an activating group) is 1. The first-order valence-corrected chi connectivity index (χ1v) is 15.3. The van der Waals surface area contributed by atoms with Crippen LogP contribution in [0.15, 0.2) is 72.8 Å². The fourth-order valence-electron chi connectivity index (χ4n) is 7.22. The Morgan fingerprint density at radius 2 is 1.35 bits per heavy atom. The summed E-state index contributed by atoms with van der Waals surface area (Å²) in [5.74, 6) is -1.65. The van der Waals surface area contributed by atoms with E-state index in [-0.39, 0.29) is 35.9 Å². The van der Waals surface area contributed by atoms with E-state index in [1.54, 1.807) is 11.9 Å². The van der Waals surface area contributed by atoms with Gasteiger partial charge in [0, 0.05) is 13.1 Å². The molecule has 0 aromatic heterocycles. The molecule has 3 aromatic rings. The summed E-state index contributed by atoms with van der Waals surface area (Å²) < 4.78 is 94.8. The van der Waals surface area contributed by atoms with Crippen molar-refractivity contribution >= 4 is 18.3 Å². The van der Waals surface area contributed by atoms with E-state index in [4.69, 9.17) is 0 Å². The molecule has 5 rings (SSSR count). The van der Waals surface area contributed by atoms with E-state index in [0.717, 1.165) is 49.9 Å². The van der Waals surface area contributed by atoms with Gasteiger partial charge in [-0.25, -0.2) is 4.39 Å². The van der Waals surface area contributed by atoms with E-state index in [2.05, 4.69) is 4.90 Å². The Morgan fingerprint density at radius 1 is 0.826 bits per heavy atom. The standard InChI is InChI=1S/C35H37F7N2O.ClH/c1-23(26-20-28(34(37,38)39)22-29(21-26)35(40,41)42)32(45)43(2)33(27-6-4-3-5-7-27)16-12-31(13-17-33)44-18-14-25(15-19-44)24-8-10-30(36)11-9-24;/h3-11,20-23,25,31H,12-19H2,1-2H3;1H/t23?,31-,33-;. The minimum absolute atomic E-state index is 0. The maximum atomic E-state index is 13.9. The molecule has 0 N–H and O–H groups in total. The third-order valence-corrected chi connectivity index (χ3v) is 9.93. The molecule has 1 unspecified atom stereocenters. The summed E-state index contributed by atoms with van der Waals surface area (Å²) in [5, 5.41) is 0. The van der Waals surface area contributed by atoms with Crippen LogP contribution in [0.1, 0.15) is 85.1 Å². The molecule has 250 valence electrons. The van der Waals surface area contributed by atoms with Crippen LogP contribution in [0.2, 0.25) is 0 Å². The van der Waals surface area contributed by atoms with Crippen molar-refractivity contribution in [2.24, 2.45) is 0 Å². The highest BCUT2D eigenvalue weighted by atomic mass is 35.5. The summed E-state index contributed by atoms with van der Waals surface area (Å²) in [7, 11) is 1.61. The Labute approximate surface area is 271 Å². The zero-order chi connectivity index (χ0) is 32.6. The third kappa shape index (κ3) is 7.54. The Bertz CT molecular complexity index is 1430. The number of hydrogen-bond acceptors (Lipinski definition) is 2. The quantitative estimate of drug-likeness (QED) is 0.244. The summed E-state index contributed by atoms with van der Waals surface area (Å²) in [5.41, 5.74) is -1.92. The van der Waals surface area contributed by atoms with Gasteiger partial charge in [0.15, 0.2) is 0 Å². The summed E-state index contributed by atoms with van der Waals surface area (Å²) in [6, 6.07) is 17.8. The SMILES string of the molecule is CC(C(=O)N(C)[C@]1(c2ccccc2)CC[C@@H](N2CCC(c3ccc(F)cc3)CC2)CC1)c1cc(C(F)(F)F)cc(C(F)(F)F)c1.Cl. The lowest BCUT2D eigenvalue weighted by Gasteiger charge is -2.50. The van der Waals surface area contributed by atoms with Gasteiger partial charge in [0.25, 0.3) is 0 Å². The second kappa shape index (κ2) is 13.9. The molecule has 1 heterocycles. The average Bonchev–Trinajstić information content (AvgIpc) is 3.03. The lowest BCUT2D eigenvalue weighted by atomic mass is 9.72. The number of benzene rings is 3. The molecule has 1 atom stereocenters. The van der Waals surface area contributed by atoms with E-state index >= 15 is 0 Å². The normalized spacial score (nSPS) is 22.2. The fraction of sp³-hybridized carbons (Fsp3) is 0.457. The van der Waals surface area contributed by atoms with Crippen LogP contribution in [0.5, 0.6) is 0 Å². The topological polar surface area (TPSA) is 23.6 Å². The van der Waals surface area contributed by atoms with Gasteiger partial charge in [-0.3, -0.25) is 4.79 Å². The highest BCUT2D eigenvalue weighted by molar-refractivity contribution is 5.85. The van der Waals surface area contributed by atoms with E-state index in [1.807, 2.05) is 42.5 Å². The molecule has 11 heteroatoms. The van der Waals surface area contributed by atoms with Gasteiger partial charge in [0.1, 0.15) is 5.82 Å². The molecular formula is C35H38ClF7N2O. The van der Waals surface area contributed by atoms with Gasteiger partial charge in [-0.15, -0.1) is 12.4 Å². The number of carbonyl (C=O) groups is 1. The largest absolute Gasteiger partial charge is 0.416 e. The van der Waals surface area contributed by atoms with Crippen molar-refractivity contribution < 1.29 is 35.5 Å². The molecule has 3 nitrogen and oxygen atoms in total. The Kier molecular flexibility index (Phi) is 10.8. The van der Waals surface area contributed by atoms with Crippen molar-refractivity contribution in [1.29, 1.82) is 0 Å². The van der Waals surface area contributed by atoms with Crippen LogP contribution < -0.4 is 0 Å². The second-order valence-electron chi connectivity index (χ2n) is 12.4. The maximum Gasteiger partial charge on any atom is 0.416 e. The van der Waals surface area contributed by atoms with Crippen LogP contribution >= 0.6 is 12.4 Å². The minimum atomic E-state index is -5.00. The van der Waals surface area contributed by atoms with Gasteiger partial charge in [0.2, 0.25) is 5.91 Å². The third-order valence-electron chi connectivity index (χ3n) is 9.93. The zero-order valence-corrected chi connectivity index (χ0v) is 26.5. The number of hydrogen-bond donors (Lipinski definition) is 0. The molecule has 1 aliphatic heterocycles. The van der Waals surface area contributed by atoms with Crippen molar-refractivity contribution in [1.82, 2.24) is 9.80 Å². The smallest absolute Gasteiger partial charge is 0.335 e. The predicted octanol–water partition coefficient (Wildman–Crippen LogP) is 9.56. The number of likely N-dealkylation sites (tertiary alicyclic amines) is 1. The van der Waals surface area contributed by atoms with Gasteiger partial charge in [0.05, 0.1) is 22.6 Å². The van der Waals surface area contributed by atoms with Crippen molar-refractivity contribution in [3.05, 3.63) is 106 Å². The van der Waals surface area contributed by atoms with Crippen LogP contribution in [-0.2, 0) is 22.7 Å². The fourth-order valence-corrected chi connectivity index (χ4v) is 7.22. The molecular weight excluding hydrogens is 633 g/mol. The number of nitrogens with zero attached hydrogens (tertiary/aromatic N) is 2. The van der Waals surface area contributed by atoms with Gasteiger partial charge in [-0.1, -0.05) is 42.5 Å². The molecule has 1 aliphatic carbocycles. The van der Waals surface area contributed by atoms with Crippen LogP contribution in [0.3, 0.4) is 0 Å². The first kappa shape index (κ1) is 35.7. The molecule has 0 bridgehead atoms. The van der Waals surface area contributed by atoms with Crippen LogP contribution in [0.25, 0.3) is 0 Å². The number of rotatable bonds is 6. The number of alkyl halides is 6. The van der Waals surface area contributed by atoms with Crippen molar-refractivity contribution in [3.63, 3.8) is 0 Å². The van der Waals surface area contributed by atoms with Crippen molar-refractivity contribution in [2.75, 3.05) is 20.1 Å². The molecule has 0 radical (unpaired) electrons. The number of piperidine rings is 1. The lowest BCUT2D eigenvalue weighted by Crippen LogP contribution is -2.53. The Balaban J connectivity index is 0.00000480. The average molecular weight is 671 g/mol.